The van der Waals surface area contributed by atoms with Crippen LogP contribution < -0.4 is 0 Å². The van der Waals surface area contributed by atoms with Crippen molar-refractivity contribution >= 4 is 5.97 Å². The van der Waals surface area contributed by atoms with Gasteiger partial charge in [-0.05, 0) is 36.8 Å². The van der Waals surface area contributed by atoms with Crippen LogP contribution in [-0.2, 0) is 9.53 Å². The molecule has 3 heteroatoms. The molecule has 0 saturated carbocycles. The maximum Gasteiger partial charge on any atom is 0.339 e. The standard InChI is InChI=1S/C15H26O3/c1-6-8-9-12(15(3,4)5)10-11-13(16)14(17)18-7-2/h11,13,16H,6-9H2,1-5H3/t10?,13-/m0/s1. The molecule has 0 amide bonds. The molecule has 0 spiro atoms. The second-order valence-corrected chi connectivity index (χ2v) is 5.34. The Kier molecular flexibility index (Phi) is 7.65. The number of ether oxygens (including phenoxy) is 1. The third-order valence-electron chi connectivity index (χ3n) is 2.63. The van der Waals surface area contributed by atoms with Crippen LogP contribution in [0.1, 0.15) is 53.9 Å². The predicted molar refractivity (Wildman–Crippen MR) is 73.2 cm³/mol. The van der Waals surface area contributed by atoms with Gasteiger partial charge in [0.15, 0.2) is 6.10 Å². The highest BCUT2D eigenvalue weighted by atomic mass is 16.5. The lowest BCUT2D eigenvalue weighted by molar-refractivity contribution is -0.150. The Balaban J connectivity index is 4.87. The van der Waals surface area contributed by atoms with E-state index in [4.69, 9.17) is 4.74 Å². The van der Waals surface area contributed by atoms with E-state index in [1.54, 1.807) is 6.92 Å². The lowest BCUT2D eigenvalue weighted by atomic mass is 9.84. The number of aliphatic hydroxyl groups is 1. The number of rotatable bonds is 6. The summed E-state index contributed by atoms with van der Waals surface area (Å²) in [6.45, 7) is 10.4. The highest BCUT2D eigenvalue weighted by molar-refractivity contribution is 5.76. The lowest BCUT2D eigenvalue weighted by Crippen LogP contribution is -2.20. The van der Waals surface area contributed by atoms with Gasteiger partial charge in [0.25, 0.3) is 0 Å². The Morgan fingerprint density at radius 1 is 1.39 bits per heavy atom. The molecule has 1 atom stereocenters. The van der Waals surface area contributed by atoms with Crippen molar-refractivity contribution in [1.82, 2.24) is 0 Å². The third-order valence-corrected chi connectivity index (χ3v) is 2.63. The van der Waals surface area contributed by atoms with E-state index in [0.717, 1.165) is 24.8 Å². The average Bonchev–Trinajstić information content (AvgIpc) is 2.27. The number of hydrogen-bond acceptors (Lipinski definition) is 3. The summed E-state index contributed by atoms with van der Waals surface area (Å²) in [5.74, 6) is -0.617. The summed E-state index contributed by atoms with van der Waals surface area (Å²) in [5.41, 5.74) is 4.19. The van der Waals surface area contributed by atoms with Gasteiger partial charge >= 0.3 is 5.97 Å². The maximum atomic E-state index is 11.3. The first-order chi connectivity index (χ1) is 8.32. The molecule has 0 heterocycles. The number of unbranched alkanes of at least 4 members (excludes halogenated alkanes) is 1. The molecule has 0 bridgehead atoms. The van der Waals surface area contributed by atoms with E-state index < -0.39 is 12.1 Å². The minimum atomic E-state index is -1.22. The molecule has 0 radical (unpaired) electrons. The van der Waals surface area contributed by atoms with Gasteiger partial charge in [-0.25, -0.2) is 4.79 Å². The van der Waals surface area contributed by atoms with Gasteiger partial charge in [-0.1, -0.05) is 34.1 Å². The van der Waals surface area contributed by atoms with Crippen LogP contribution >= 0.6 is 0 Å². The van der Waals surface area contributed by atoms with Crippen molar-refractivity contribution in [2.45, 2.75) is 60.0 Å². The van der Waals surface area contributed by atoms with Crippen LogP contribution in [-0.4, -0.2) is 23.8 Å². The van der Waals surface area contributed by atoms with Gasteiger partial charge in [0.2, 0.25) is 0 Å². The predicted octanol–water partition coefficient (Wildman–Crippen LogP) is 3.23. The quantitative estimate of drug-likeness (QED) is 0.584. The molecule has 0 unspecified atom stereocenters. The molecule has 18 heavy (non-hydrogen) atoms. The van der Waals surface area contributed by atoms with Crippen molar-refractivity contribution in [3.8, 4) is 0 Å². The van der Waals surface area contributed by atoms with E-state index in [1.165, 1.54) is 6.08 Å². The Labute approximate surface area is 111 Å². The number of aliphatic hydroxyl groups excluding tert-OH is 1. The van der Waals surface area contributed by atoms with Crippen molar-refractivity contribution in [3.63, 3.8) is 0 Å². The first kappa shape index (κ1) is 16.9. The van der Waals surface area contributed by atoms with Gasteiger partial charge < -0.3 is 9.84 Å². The molecule has 0 aromatic rings. The van der Waals surface area contributed by atoms with E-state index in [-0.39, 0.29) is 12.0 Å². The molecule has 3 nitrogen and oxygen atoms in total. The monoisotopic (exact) mass is 254 g/mol. The summed E-state index contributed by atoms with van der Waals surface area (Å²) in [6, 6.07) is 0. The van der Waals surface area contributed by atoms with Crippen LogP contribution in [0.15, 0.2) is 17.4 Å². The number of carbonyl (C=O) groups is 1. The van der Waals surface area contributed by atoms with Crippen molar-refractivity contribution < 1.29 is 14.6 Å². The summed E-state index contributed by atoms with van der Waals surface area (Å²) in [4.78, 5) is 11.3. The molecule has 0 fully saturated rings. The molecule has 0 aromatic carbocycles. The van der Waals surface area contributed by atoms with Gasteiger partial charge in [-0.2, -0.15) is 0 Å². The van der Waals surface area contributed by atoms with Gasteiger partial charge in [0, 0.05) is 0 Å². The zero-order chi connectivity index (χ0) is 14.2. The molecule has 0 aliphatic heterocycles. The number of esters is 1. The molecule has 104 valence electrons. The van der Waals surface area contributed by atoms with Gasteiger partial charge in [-0.15, -0.1) is 5.73 Å². The zero-order valence-corrected chi connectivity index (χ0v) is 12.2. The van der Waals surface area contributed by atoms with Crippen molar-refractivity contribution in [1.29, 1.82) is 0 Å². The highest BCUT2D eigenvalue weighted by Crippen LogP contribution is 2.28. The Morgan fingerprint density at radius 3 is 2.44 bits per heavy atom. The first-order valence-electron chi connectivity index (χ1n) is 6.63. The molecule has 0 aliphatic carbocycles. The van der Waals surface area contributed by atoms with Crippen molar-refractivity contribution in [2.75, 3.05) is 6.61 Å². The van der Waals surface area contributed by atoms with Crippen LogP contribution in [0.2, 0.25) is 0 Å². The van der Waals surface area contributed by atoms with Crippen LogP contribution in [0.3, 0.4) is 0 Å². The van der Waals surface area contributed by atoms with E-state index in [2.05, 4.69) is 33.4 Å². The van der Waals surface area contributed by atoms with Crippen LogP contribution in [0.25, 0.3) is 0 Å². The SMILES string of the molecule is CCCCC(=C=C[C@H](O)C(=O)OCC)C(C)(C)C. The largest absolute Gasteiger partial charge is 0.464 e. The molecule has 0 rings (SSSR count). The van der Waals surface area contributed by atoms with Crippen LogP contribution in [0.5, 0.6) is 0 Å². The molecule has 0 aromatic heterocycles. The zero-order valence-electron chi connectivity index (χ0n) is 12.2. The van der Waals surface area contributed by atoms with E-state index in [1.807, 2.05) is 0 Å². The smallest absolute Gasteiger partial charge is 0.339 e. The summed E-state index contributed by atoms with van der Waals surface area (Å²) < 4.78 is 4.73. The number of carbonyl (C=O) groups excluding carboxylic acids is 1. The summed E-state index contributed by atoms with van der Waals surface area (Å²) in [7, 11) is 0. The van der Waals surface area contributed by atoms with Gasteiger partial charge in [-0.3, -0.25) is 0 Å². The van der Waals surface area contributed by atoms with Crippen LogP contribution in [0.4, 0.5) is 0 Å². The maximum absolute atomic E-state index is 11.3. The van der Waals surface area contributed by atoms with Crippen LogP contribution in [0, 0.1) is 5.41 Å². The number of hydrogen-bond donors (Lipinski definition) is 1. The fraction of sp³-hybridized carbons (Fsp3) is 0.733. The fourth-order valence-electron chi connectivity index (χ4n) is 1.49. The normalized spacial score (nSPS) is 12.6. The van der Waals surface area contributed by atoms with Crippen molar-refractivity contribution in [2.24, 2.45) is 5.41 Å². The fourth-order valence-corrected chi connectivity index (χ4v) is 1.49. The second kappa shape index (κ2) is 8.12. The minimum Gasteiger partial charge on any atom is -0.464 e. The third kappa shape index (κ3) is 6.63. The lowest BCUT2D eigenvalue weighted by Gasteiger charge is -2.21. The molecular weight excluding hydrogens is 228 g/mol. The summed E-state index contributed by atoms with van der Waals surface area (Å²) >= 11 is 0. The average molecular weight is 254 g/mol. The minimum absolute atomic E-state index is 0.0000507. The molecular formula is C15H26O3. The first-order valence-corrected chi connectivity index (χ1v) is 6.63. The summed E-state index contributed by atoms with van der Waals surface area (Å²) in [5, 5.41) is 9.58. The molecule has 0 aliphatic rings. The topological polar surface area (TPSA) is 46.5 Å². The Hall–Kier alpha value is -1.05. The Morgan fingerprint density at radius 2 is 2.00 bits per heavy atom. The van der Waals surface area contributed by atoms with Gasteiger partial charge in [0.05, 0.1) is 6.61 Å². The Bertz CT molecular complexity index is 317. The summed E-state index contributed by atoms with van der Waals surface area (Å²) in [6.07, 6.45) is 3.31. The van der Waals surface area contributed by atoms with E-state index in [0.29, 0.717) is 0 Å². The van der Waals surface area contributed by atoms with E-state index >= 15 is 0 Å². The second-order valence-electron chi connectivity index (χ2n) is 5.34. The highest BCUT2D eigenvalue weighted by Gasteiger charge is 2.17. The molecule has 1 N–H and O–H groups in total. The molecule has 0 saturated heterocycles. The van der Waals surface area contributed by atoms with Crippen molar-refractivity contribution in [3.05, 3.63) is 17.4 Å². The van der Waals surface area contributed by atoms with E-state index in [9.17, 15) is 9.90 Å². The van der Waals surface area contributed by atoms with Gasteiger partial charge in [0.1, 0.15) is 0 Å².